The van der Waals surface area contributed by atoms with E-state index in [1.807, 2.05) is 31.2 Å². The highest BCUT2D eigenvalue weighted by molar-refractivity contribution is 5.35. The molecule has 0 bridgehead atoms. The average molecular weight is 341 g/mol. The van der Waals surface area contributed by atoms with Crippen molar-refractivity contribution in [2.24, 2.45) is 0 Å². The molecule has 3 aromatic rings. The van der Waals surface area contributed by atoms with Crippen LogP contribution in [0, 0.1) is 5.82 Å². The molecule has 1 heterocycles. The maximum absolute atomic E-state index is 13.3. The van der Waals surface area contributed by atoms with Crippen molar-refractivity contribution in [2.75, 3.05) is 7.11 Å². The Bertz CT molecular complexity index is 800. The van der Waals surface area contributed by atoms with Crippen LogP contribution in [0.3, 0.4) is 0 Å². The Morgan fingerprint density at radius 3 is 2.28 bits per heavy atom. The Morgan fingerprint density at radius 1 is 1.08 bits per heavy atom. The summed E-state index contributed by atoms with van der Waals surface area (Å²) in [5.74, 6) is 1.73. The van der Waals surface area contributed by atoms with Crippen molar-refractivity contribution in [2.45, 2.75) is 25.9 Å². The van der Waals surface area contributed by atoms with Crippen LogP contribution in [0.5, 0.6) is 5.75 Å². The van der Waals surface area contributed by atoms with Crippen molar-refractivity contribution in [3.63, 3.8) is 0 Å². The molecule has 0 aliphatic rings. The van der Waals surface area contributed by atoms with Crippen molar-refractivity contribution in [1.29, 1.82) is 0 Å². The molecule has 1 unspecified atom stereocenters. The van der Waals surface area contributed by atoms with Crippen molar-refractivity contribution >= 4 is 0 Å². The van der Waals surface area contributed by atoms with E-state index in [1.54, 1.807) is 19.2 Å². The third-order valence-corrected chi connectivity index (χ3v) is 3.94. The second-order valence-corrected chi connectivity index (χ2v) is 5.60. The van der Waals surface area contributed by atoms with Gasteiger partial charge in [0.1, 0.15) is 11.6 Å². The van der Waals surface area contributed by atoms with Gasteiger partial charge in [0.25, 0.3) is 0 Å². The molecule has 0 fully saturated rings. The fourth-order valence-corrected chi connectivity index (χ4v) is 2.57. The number of halogens is 1. The van der Waals surface area contributed by atoms with Crippen molar-refractivity contribution in [1.82, 2.24) is 15.5 Å². The zero-order valence-corrected chi connectivity index (χ0v) is 14.2. The molecule has 6 heteroatoms. The van der Waals surface area contributed by atoms with Gasteiger partial charge in [0.15, 0.2) is 5.82 Å². The minimum Gasteiger partial charge on any atom is -0.497 e. The Balaban J connectivity index is 1.83. The minimum atomic E-state index is -0.262. The first-order chi connectivity index (χ1) is 12.2. The summed E-state index contributed by atoms with van der Waals surface area (Å²) in [6.07, 6.45) is 0.726. The molecule has 25 heavy (non-hydrogen) atoms. The van der Waals surface area contributed by atoms with E-state index in [1.165, 1.54) is 12.1 Å². The van der Waals surface area contributed by atoms with Gasteiger partial charge in [-0.3, -0.25) is 5.32 Å². The van der Waals surface area contributed by atoms with E-state index in [2.05, 4.69) is 15.5 Å². The molecule has 1 aromatic heterocycles. The van der Waals surface area contributed by atoms with E-state index in [0.717, 1.165) is 23.3 Å². The van der Waals surface area contributed by atoms with Crippen LogP contribution in [-0.2, 0) is 13.0 Å². The van der Waals surface area contributed by atoms with E-state index in [-0.39, 0.29) is 11.9 Å². The number of nitrogens with zero attached hydrogens (tertiary/aromatic N) is 2. The normalized spacial score (nSPS) is 12.1. The maximum atomic E-state index is 13.3. The van der Waals surface area contributed by atoms with Gasteiger partial charge < -0.3 is 9.26 Å². The Hall–Kier alpha value is -2.73. The Morgan fingerprint density at radius 2 is 1.72 bits per heavy atom. The first kappa shape index (κ1) is 17.1. The zero-order valence-electron chi connectivity index (χ0n) is 14.2. The lowest BCUT2D eigenvalue weighted by Crippen LogP contribution is -2.22. The molecule has 0 saturated heterocycles. The van der Waals surface area contributed by atoms with E-state index >= 15 is 0 Å². The molecule has 3 rings (SSSR count). The number of rotatable bonds is 7. The summed E-state index contributed by atoms with van der Waals surface area (Å²) in [6.45, 7) is 2.39. The van der Waals surface area contributed by atoms with E-state index in [0.29, 0.717) is 18.3 Å². The van der Waals surface area contributed by atoms with Crippen LogP contribution in [0.25, 0.3) is 0 Å². The summed E-state index contributed by atoms with van der Waals surface area (Å²) >= 11 is 0. The molecular formula is C19H20FN3O2. The fraction of sp³-hybridized carbons (Fsp3) is 0.263. The molecule has 2 aromatic carbocycles. The highest BCUT2D eigenvalue weighted by atomic mass is 19.1. The summed E-state index contributed by atoms with van der Waals surface area (Å²) < 4.78 is 23.7. The van der Waals surface area contributed by atoms with Gasteiger partial charge in [-0.2, -0.15) is 4.98 Å². The standard InChI is InChI=1S/C19H20FN3O2/c1-3-17-22-18(25-23-17)12-21-19(13-4-8-15(20)9-5-13)14-6-10-16(24-2)11-7-14/h4-11,19,21H,3,12H2,1-2H3. The topological polar surface area (TPSA) is 60.2 Å². The van der Waals surface area contributed by atoms with Gasteiger partial charge in [0.05, 0.1) is 19.7 Å². The number of methoxy groups -OCH3 is 1. The summed E-state index contributed by atoms with van der Waals surface area (Å²) in [5, 5.41) is 7.30. The van der Waals surface area contributed by atoms with Crippen molar-refractivity contribution in [3.05, 3.63) is 77.2 Å². The van der Waals surface area contributed by atoms with Crippen molar-refractivity contribution in [3.8, 4) is 5.75 Å². The zero-order chi connectivity index (χ0) is 17.6. The third kappa shape index (κ3) is 4.22. The van der Waals surface area contributed by atoms with Crippen LogP contribution >= 0.6 is 0 Å². The number of ether oxygens (including phenoxy) is 1. The van der Waals surface area contributed by atoms with Gasteiger partial charge >= 0.3 is 0 Å². The minimum absolute atomic E-state index is 0.136. The second-order valence-electron chi connectivity index (χ2n) is 5.60. The summed E-state index contributed by atoms with van der Waals surface area (Å²) in [6, 6.07) is 14.1. The molecule has 1 atom stereocenters. The monoisotopic (exact) mass is 341 g/mol. The fourth-order valence-electron chi connectivity index (χ4n) is 2.57. The predicted octanol–water partition coefficient (Wildman–Crippen LogP) is 3.66. The molecule has 0 saturated carbocycles. The van der Waals surface area contributed by atoms with Crippen molar-refractivity contribution < 1.29 is 13.7 Å². The molecular weight excluding hydrogens is 321 g/mol. The van der Waals surface area contributed by atoms with Crippen LogP contribution in [0.2, 0.25) is 0 Å². The molecule has 0 aliphatic carbocycles. The largest absolute Gasteiger partial charge is 0.497 e. The van der Waals surface area contributed by atoms with E-state index in [4.69, 9.17) is 9.26 Å². The number of hydrogen-bond acceptors (Lipinski definition) is 5. The number of nitrogens with one attached hydrogen (secondary N) is 1. The van der Waals surface area contributed by atoms with E-state index < -0.39 is 0 Å². The SMILES string of the molecule is CCc1noc(CNC(c2ccc(F)cc2)c2ccc(OC)cc2)n1. The van der Waals surface area contributed by atoms with Gasteiger partial charge in [-0.05, 0) is 35.4 Å². The molecule has 5 nitrogen and oxygen atoms in total. The number of hydrogen-bond donors (Lipinski definition) is 1. The first-order valence-electron chi connectivity index (χ1n) is 8.14. The molecule has 0 amide bonds. The first-order valence-corrected chi connectivity index (χ1v) is 8.14. The highest BCUT2D eigenvalue weighted by Crippen LogP contribution is 2.25. The van der Waals surface area contributed by atoms with Gasteiger partial charge in [-0.25, -0.2) is 4.39 Å². The van der Waals surface area contributed by atoms with Gasteiger partial charge in [0, 0.05) is 6.42 Å². The third-order valence-electron chi connectivity index (χ3n) is 3.94. The van der Waals surface area contributed by atoms with Gasteiger partial charge in [-0.1, -0.05) is 36.3 Å². The number of aryl methyl sites for hydroxylation is 1. The smallest absolute Gasteiger partial charge is 0.240 e. The Kier molecular flexibility index (Phi) is 5.40. The molecule has 130 valence electrons. The number of aromatic nitrogens is 2. The highest BCUT2D eigenvalue weighted by Gasteiger charge is 2.16. The summed E-state index contributed by atoms with van der Waals surface area (Å²) in [5.41, 5.74) is 1.98. The van der Waals surface area contributed by atoms with Crippen LogP contribution in [0.1, 0.15) is 35.8 Å². The predicted molar refractivity (Wildman–Crippen MR) is 91.8 cm³/mol. The molecule has 0 radical (unpaired) electrons. The summed E-state index contributed by atoms with van der Waals surface area (Å²) in [4.78, 5) is 4.31. The summed E-state index contributed by atoms with van der Waals surface area (Å²) in [7, 11) is 1.63. The van der Waals surface area contributed by atoms with Gasteiger partial charge in [-0.15, -0.1) is 0 Å². The second kappa shape index (κ2) is 7.90. The molecule has 1 N–H and O–H groups in total. The van der Waals surface area contributed by atoms with Crippen LogP contribution < -0.4 is 10.1 Å². The van der Waals surface area contributed by atoms with Gasteiger partial charge in [0.2, 0.25) is 5.89 Å². The van der Waals surface area contributed by atoms with Crippen LogP contribution in [0.15, 0.2) is 53.1 Å². The average Bonchev–Trinajstić information content (AvgIpc) is 3.12. The van der Waals surface area contributed by atoms with Crippen LogP contribution in [-0.4, -0.2) is 17.3 Å². The maximum Gasteiger partial charge on any atom is 0.240 e. The lowest BCUT2D eigenvalue weighted by molar-refractivity contribution is 0.358. The lowest BCUT2D eigenvalue weighted by Gasteiger charge is -2.19. The molecule has 0 aliphatic heterocycles. The quantitative estimate of drug-likeness (QED) is 0.711. The number of benzene rings is 2. The molecule has 0 spiro atoms. The van der Waals surface area contributed by atoms with E-state index in [9.17, 15) is 4.39 Å². The lowest BCUT2D eigenvalue weighted by atomic mass is 9.98. The van der Waals surface area contributed by atoms with Crippen LogP contribution in [0.4, 0.5) is 4.39 Å². The Labute approximate surface area is 145 Å².